The molecular weight excluding hydrogens is 616 g/mol. The standard InChI is InChI=1S/C40H62N4O5/c1-2-3-4-5-6-7-8-9-10-11-12-13-20-28-37(45)42-35(30-32-23-16-14-17-24-32)39(47)43-34(27-21-22-29-41)38(46)44-36(40(48)49)31-33-25-18-15-19-26-33/h14-19,23-26,34-36H,2-13,20-22,27-31,41H2,1H3,(H,42,45)(H,43,47)(H,44,46)(H,48,49)/t34-,35-,36-/m0/s1. The van der Waals surface area contributed by atoms with E-state index in [1.165, 1.54) is 64.2 Å². The number of nitrogens with one attached hydrogen (secondary N) is 3. The van der Waals surface area contributed by atoms with Gasteiger partial charge in [0.2, 0.25) is 17.7 Å². The van der Waals surface area contributed by atoms with Crippen molar-refractivity contribution in [1.29, 1.82) is 0 Å². The Kier molecular flexibility index (Phi) is 22.2. The van der Waals surface area contributed by atoms with Gasteiger partial charge in [0.1, 0.15) is 18.1 Å². The molecule has 0 aliphatic rings. The Balaban J connectivity index is 1.92. The molecule has 0 radical (unpaired) electrons. The van der Waals surface area contributed by atoms with Crippen LogP contribution in [0, 0.1) is 0 Å². The summed E-state index contributed by atoms with van der Waals surface area (Å²) in [5, 5.41) is 18.2. The molecule has 272 valence electrons. The van der Waals surface area contributed by atoms with E-state index < -0.39 is 35.9 Å². The predicted molar refractivity (Wildman–Crippen MR) is 197 cm³/mol. The first-order valence-corrected chi connectivity index (χ1v) is 18.7. The van der Waals surface area contributed by atoms with Gasteiger partial charge in [-0.1, -0.05) is 145 Å². The molecule has 2 rings (SSSR count). The van der Waals surface area contributed by atoms with Crippen LogP contribution in [-0.4, -0.2) is 53.5 Å². The number of hydrogen-bond acceptors (Lipinski definition) is 5. The molecule has 0 heterocycles. The largest absolute Gasteiger partial charge is 0.480 e. The van der Waals surface area contributed by atoms with Crippen LogP contribution in [0.1, 0.15) is 127 Å². The van der Waals surface area contributed by atoms with Crippen LogP contribution in [0.25, 0.3) is 0 Å². The summed E-state index contributed by atoms with van der Waals surface area (Å²) in [5.74, 6) is -2.42. The maximum Gasteiger partial charge on any atom is 0.326 e. The Labute approximate surface area is 294 Å². The maximum absolute atomic E-state index is 13.7. The average molecular weight is 679 g/mol. The van der Waals surface area contributed by atoms with Crippen molar-refractivity contribution in [1.82, 2.24) is 16.0 Å². The SMILES string of the molecule is CCCCCCCCCCCCCCCC(=O)N[C@@H](Cc1ccccc1)C(=O)N[C@@H](CCCCN)C(=O)N[C@@H](Cc1ccccc1)C(=O)O. The summed E-state index contributed by atoms with van der Waals surface area (Å²) >= 11 is 0. The lowest BCUT2D eigenvalue weighted by molar-refractivity contribution is -0.142. The fourth-order valence-electron chi connectivity index (χ4n) is 5.99. The average Bonchev–Trinajstić information content (AvgIpc) is 3.10. The van der Waals surface area contributed by atoms with E-state index in [0.29, 0.717) is 25.8 Å². The smallest absolute Gasteiger partial charge is 0.326 e. The van der Waals surface area contributed by atoms with Gasteiger partial charge in [-0.05, 0) is 43.4 Å². The Morgan fingerprint density at radius 2 is 1.02 bits per heavy atom. The summed E-state index contributed by atoms with van der Waals surface area (Å²) in [7, 11) is 0. The number of aliphatic carboxylic acids is 1. The number of carboxylic acid groups (broad SMARTS) is 1. The Hall–Kier alpha value is -3.72. The first-order valence-electron chi connectivity index (χ1n) is 18.7. The minimum Gasteiger partial charge on any atom is -0.480 e. The lowest BCUT2D eigenvalue weighted by Crippen LogP contribution is -2.56. The minimum absolute atomic E-state index is 0.108. The lowest BCUT2D eigenvalue weighted by Gasteiger charge is -2.25. The zero-order valence-electron chi connectivity index (χ0n) is 29.8. The van der Waals surface area contributed by atoms with Gasteiger partial charge in [-0.3, -0.25) is 14.4 Å². The normalized spacial score (nSPS) is 12.9. The van der Waals surface area contributed by atoms with Crippen molar-refractivity contribution >= 4 is 23.7 Å². The molecular formula is C40H62N4O5. The lowest BCUT2D eigenvalue weighted by atomic mass is 10.0. The molecule has 0 saturated carbocycles. The highest BCUT2D eigenvalue weighted by atomic mass is 16.4. The summed E-state index contributed by atoms with van der Waals surface area (Å²) in [5.41, 5.74) is 7.33. The van der Waals surface area contributed by atoms with Crippen molar-refractivity contribution in [3.63, 3.8) is 0 Å². The van der Waals surface area contributed by atoms with E-state index in [4.69, 9.17) is 5.73 Å². The molecule has 0 spiro atoms. The van der Waals surface area contributed by atoms with Crippen LogP contribution in [-0.2, 0) is 32.0 Å². The predicted octanol–water partition coefficient (Wildman–Crippen LogP) is 6.62. The quantitative estimate of drug-likeness (QED) is 0.0639. The van der Waals surface area contributed by atoms with E-state index in [1.807, 2.05) is 48.5 Å². The fraction of sp³-hybridized carbons (Fsp3) is 0.600. The highest BCUT2D eigenvalue weighted by Crippen LogP contribution is 2.14. The van der Waals surface area contributed by atoms with Gasteiger partial charge in [0.25, 0.3) is 0 Å². The number of carboxylic acids is 1. The number of nitrogens with two attached hydrogens (primary N) is 1. The van der Waals surface area contributed by atoms with Crippen LogP contribution in [0.3, 0.4) is 0 Å². The van der Waals surface area contributed by atoms with Gasteiger partial charge >= 0.3 is 5.97 Å². The third kappa shape index (κ3) is 19.2. The number of carbonyl (C=O) groups excluding carboxylic acids is 3. The zero-order chi connectivity index (χ0) is 35.5. The van der Waals surface area contributed by atoms with E-state index in [1.54, 1.807) is 12.1 Å². The number of unbranched alkanes of at least 4 members (excludes halogenated alkanes) is 13. The van der Waals surface area contributed by atoms with Gasteiger partial charge in [0, 0.05) is 19.3 Å². The van der Waals surface area contributed by atoms with Crippen LogP contribution in [0.4, 0.5) is 0 Å². The molecule has 0 aliphatic heterocycles. The van der Waals surface area contributed by atoms with Crippen molar-refractivity contribution < 1.29 is 24.3 Å². The molecule has 3 atom stereocenters. The van der Waals surface area contributed by atoms with Crippen molar-refractivity contribution in [3.05, 3.63) is 71.8 Å². The second-order valence-electron chi connectivity index (χ2n) is 13.2. The maximum atomic E-state index is 13.7. The molecule has 0 aromatic heterocycles. The number of carbonyl (C=O) groups is 4. The molecule has 0 bridgehead atoms. The molecule has 2 aromatic rings. The van der Waals surface area contributed by atoms with Crippen molar-refractivity contribution in [3.8, 4) is 0 Å². The van der Waals surface area contributed by atoms with Gasteiger partial charge in [0.15, 0.2) is 0 Å². The molecule has 0 saturated heterocycles. The number of hydrogen-bond donors (Lipinski definition) is 5. The Bertz CT molecular complexity index is 1190. The second kappa shape index (κ2) is 26.2. The van der Waals surface area contributed by atoms with Gasteiger partial charge in [0.05, 0.1) is 0 Å². The summed E-state index contributed by atoms with van der Waals surface area (Å²) in [6.07, 6.45) is 18.1. The van der Waals surface area contributed by atoms with E-state index >= 15 is 0 Å². The fourth-order valence-corrected chi connectivity index (χ4v) is 5.99. The van der Waals surface area contributed by atoms with Gasteiger partial charge in [-0.15, -0.1) is 0 Å². The zero-order valence-corrected chi connectivity index (χ0v) is 29.8. The molecule has 9 nitrogen and oxygen atoms in total. The van der Waals surface area contributed by atoms with Gasteiger partial charge in [-0.2, -0.15) is 0 Å². The third-order valence-corrected chi connectivity index (χ3v) is 8.92. The van der Waals surface area contributed by atoms with Gasteiger partial charge in [-0.25, -0.2) is 4.79 Å². The van der Waals surface area contributed by atoms with Crippen LogP contribution in [0.2, 0.25) is 0 Å². The summed E-state index contributed by atoms with van der Waals surface area (Å²) in [6.45, 7) is 2.68. The molecule has 9 heteroatoms. The monoisotopic (exact) mass is 678 g/mol. The third-order valence-electron chi connectivity index (χ3n) is 8.92. The van der Waals surface area contributed by atoms with Gasteiger partial charge < -0.3 is 26.8 Å². The number of benzene rings is 2. The highest BCUT2D eigenvalue weighted by molar-refractivity contribution is 5.93. The Morgan fingerprint density at radius 3 is 1.51 bits per heavy atom. The number of rotatable bonds is 28. The summed E-state index contributed by atoms with van der Waals surface area (Å²) < 4.78 is 0. The van der Waals surface area contributed by atoms with Crippen LogP contribution >= 0.6 is 0 Å². The van der Waals surface area contributed by atoms with Crippen LogP contribution in [0.5, 0.6) is 0 Å². The molecule has 6 N–H and O–H groups in total. The molecule has 0 unspecified atom stereocenters. The molecule has 49 heavy (non-hydrogen) atoms. The number of amides is 3. The van der Waals surface area contributed by atoms with Crippen LogP contribution in [0.15, 0.2) is 60.7 Å². The van der Waals surface area contributed by atoms with Crippen molar-refractivity contribution in [2.24, 2.45) is 5.73 Å². The topological polar surface area (TPSA) is 151 Å². The van der Waals surface area contributed by atoms with E-state index in [2.05, 4.69) is 22.9 Å². The molecule has 0 fully saturated rings. The van der Waals surface area contributed by atoms with E-state index in [0.717, 1.165) is 30.4 Å². The van der Waals surface area contributed by atoms with Crippen LogP contribution < -0.4 is 21.7 Å². The molecule has 0 aliphatic carbocycles. The van der Waals surface area contributed by atoms with E-state index in [-0.39, 0.29) is 25.2 Å². The summed E-state index contributed by atoms with van der Waals surface area (Å²) in [4.78, 5) is 52.2. The van der Waals surface area contributed by atoms with Crippen molar-refractivity contribution in [2.75, 3.05) is 6.54 Å². The van der Waals surface area contributed by atoms with E-state index in [9.17, 15) is 24.3 Å². The first kappa shape index (κ1) is 41.5. The highest BCUT2D eigenvalue weighted by Gasteiger charge is 2.29. The molecule has 2 aromatic carbocycles. The second-order valence-corrected chi connectivity index (χ2v) is 13.2. The summed E-state index contributed by atoms with van der Waals surface area (Å²) in [6, 6.07) is 15.5. The Morgan fingerprint density at radius 1 is 0.571 bits per heavy atom. The van der Waals surface area contributed by atoms with Crippen molar-refractivity contribution in [2.45, 2.75) is 147 Å². The molecule has 3 amide bonds. The first-order chi connectivity index (χ1) is 23.8. The minimum atomic E-state index is -1.16.